The first kappa shape index (κ1) is 18.2. The number of benzene rings is 1. The van der Waals surface area contributed by atoms with E-state index in [4.69, 9.17) is 16.4 Å². The second-order valence-electron chi connectivity index (χ2n) is 4.45. The molecule has 1 amide bonds. The Labute approximate surface area is 130 Å². The molecule has 0 fully saturated rings. The minimum absolute atomic E-state index is 0.233. The SMILES string of the molecule is CC(C)ONC(=O)C(ON=CC(F)(F)F)c1cccc(Cl)c1. The summed E-state index contributed by atoms with van der Waals surface area (Å²) in [5.74, 6) is -0.810. The number of alkyl halides is 3. The second kappa shape index (κ2) is 8.00. The van der Waals surface area contributed by atoms with Crippen LogP contribution in [0.3, 0.4) is 0 Å². The van der Waals surface area contributed by atoms with E-state index in [2.05, 4.69) is 15.5 Å². The molecular weight excluding hydrogens is 325 g/mol. The number of hydrogen-bond acceptors (Lipinski definition) is 4. The fourth-order valence-electron chi connectivity index (χ4n) is 1.31. The van der Waals surface area contributed by atoms with Crippen molar-refractivity contribution >= 4 is 23.7 Å². The number of hydroxylamine groups is 1. The van der Waals surface area contributed by atoms with Gasteiger partial charge in [-0.1, -0.05) is 28.9 Å². The molecule has 0 aromatic heterocycles. The molecule has 1 aromatic rings. The van der Waals surface area contributed by atoms with Gasteiger partial charge < -0.3 is 4.84 Å². The topological polar surface area (TPSA) is 59.9 Å². The number of carbonyl (C=O) groups excluding carboxylic acids is 1. The number of hydrogen-bond donors (Lipinski definition) is 1. The van der Waals surface area contributed by atoms with E-state index in [0.29, 0.717) is 5.02 Å². The fourth-order valence-corrected chi connectivity index (χ4v) is 1.51. The Balaban J connectivity index is 2.90. The van der Waals surface area contributed by atoms with Gasteiger partial charge in [-0.15, -0.1) is 0 Å². The average Bonchev–Trinajstić information content (AvgIpc) is 2.39. The highest BCUT2D eigenvalue weighted by atomic mass is 35.5. The van der Waals surface area contributed by atoms with Gasteiger partial charge in [0.25, 0.3) is 5.91 Å². The summed E-state index contributed by atoms with van der Waals surface area (Å²) in [6.45, 7) is 3.33. The Kier molecular flexibility index (Phi) is 6.63. The molecule has 9 heteroatoms. The van der Waals surface area contributed by atoms with E-state index in [1.165, 1.54) is 18.2 Å². The van der Waals surface area contributed by atoms with Gasteiger partial charge >= 0.3 is 6.18 Å². The van der Waals surface area contributed by atoms with Crippen LogP contribution in [-0.2, 0) is 14.5 Å². The van der Waals surface area contributed by atoms with E-state index >= 15 is 0 Å². The second-order valence-corrected chi connectivity index (χ2v) is 4.89. The van der Waals surface area contributed by atoms with Crippen LogP contribution in [0.4, 0.5) is 13.2 Å². The summed E-state index contributed by atoms with van der Waals surface area (Å²) in [4.78, 5) is 21.5. The summed E-state index contributed by atoms with van der Waals surface area (Å²) >= 11 is 5.79. The molecule has 1 N–H and O–H groups in total. The fraction of sp³-hybridized carbons (Fsp3) is 0.385. The summed E-state index contributed by atoms with van der Waals surface area (Å²) in [6.07, 6.45) is -6.76. The van der Waals surface area contributed by atoms with Crippen LogP contribution in [0.5, 0.6) is 0 Å². The predicted octanol–water partition coefficient (Wildman–Crippen LogP) is 3.40. The lowest BCUT2D eigenvalue weighted by molar-refractivity contribution is -0.150. The summed E-state index contributed by atoms with van der Waals surface area (Å²) in [5.41, 5.74) is 2.32. The van der Waals surface area contributed by atoms with Gasteiger partial charge in [-0.05, 0) is 26.0 Å². The van der Waals surface area contributed by atoms with Crippen molar-refractivity contribution in [3.8, 4) is 0 Å². The average molecular weight is 339 g/mol. The van der Waals surface area contributed by atoms with E-state index in [0.717, 1.165) is 0 Å². The van der Waals surface area contributed by atoms with Crippen molar-refractivity contribution in [2.75, 3.05) is 0 Å². The van der Waals surface area contributed by atoms with Crippen molar-refractivity contribution in [2.45, 2.75) is 32.2 Å². The number of nitrogens with one attached hydrogen (secondary N) is 1. The zero-order valence-corrected chi connectivity index (χ0v) is 12.5. The Bertz CT molecular complexity index is 536. The van der Waals surface area contributed by atoms with E-state index in [1.807, 2.05) is 0 Å². The lowest BCUT2D eigenvalue weighted by Crippen LogP contribution is -2.32. The molecule has 0 aliphatic carbocycles. The van der Waals surface area contributed by atoms with E-state index in [1.54, 1.807) is 19.9 Å². The molecule has 1 unspecified atom stereocenters. The van der Waals surface area contributed by atoms with Crippen LogP contribution in [-0.4, -0.2) is 24.4 Å². The van der Waals surface area contributed by atoms with Gasteiger partial charge in [0.2, 0.25) is 6.10 Å². The molecule has 0 bridgehead atoms. The van der Waals surface area contributed by atoms with E-state index < -0.39 is 18.2 Å². The van der Waals surface area contributed by atoms with E-state index in [-0.39, 0.29) is 17.9 Å². The van der Waals surface area contributed by atoms with Crippen LogP contribution in [0.15, 0.2) is 29.4 Å². The first-order valence-electron chi connectivity index (χ1n) is 6.17. The Morgan fingerprint density at radius 3 is 2.64 bits per heavy atom. The van der Waals surface area contributed by atoms with Crippen LogP contribution in [0.25, 0.3) is 0 Å². The Morgan fingerprint density at radius 2 is 2.09 bits per heavy atom. The molecule has 0 aliphatic rings. The van der Waals surface area contributed by atoms with Crippen molar-refractivity contribution < 1.29 is 27.6 Å². The monoisotopic (exact) mass is 338 g/mol. The number of amides is 1. The van der Waals surface area contributed by atoms with Crippen molar-refractivity contribution in [1.29, 1.82) is 0 Å². The van der Waals surface area contributed by atoms with Gasteiger partial charge in [0.05, 0.1) is 6.10 Å². The lowest BCUT2D eigenvalue weighted by atomic mass is 10.1. The van der Waals surface area contributed by atoms with Crippen molar-refractivity contribution in [3.05, 3.63) is 34.9 Å². The summed E-state index contributed by atoms with van der Waals surface area (Å²) in [7, 11) is 0. The quantitative estimate of drug-likeness (QED) is 0.639. The van der Waals surface area contributed by atoms with Gasteiger partial charge in [0.15, 0.2) is 0 Å². The van der Waals surface area contributed by atoms with Gasteiger partial charge in [-0.25, -0.2) is 5.48 Å². The molecule has 1 rings (SSSR count). The molecule has 0 aliphatic heterocycles. The molecule has 0 saturated carbocycles. The third-order valence-corrected chi connectivity index (χ3v) is 2.39. The van der Waals surface area contributed by atoms with Crippen LogP contribution in [0.1, 0.15) is 25.5 Å². The molecule has 1 aromatic carbocycles. The molecule has 1 atom stereocenters. The van der Waals surface area contributed by atoms with Crippen LogP contribution < -0.4 is 5.48 Å². The first-order chi connectivity index (χ1) is 10.2. The Hall–Kier alpha value is -1.80. The predicted molar refractivity (Wildman–Crippen MR) is 74.2 cm³/mol. The summed E-state index contributed by atoms with van der Waals surface area (Å²) in [5, 5.41) is 3.08. The van der Waals surface area contributed by atoms with Crippen molar-refractivity contribution in [1.82, 2.24) is 5.48 Å². The molecule has 0 saturated heterocycles. The largest absolute Gasteiger partial charge is 0.429 e. The number of carbonyl (C=O) groups is 1. The van der Waals surface area contributed by atoms with Gasteiger partial charge in [-0.3, -0.25) is 9.63 Å². The van der Waals surface area contributed by atoms with E-state index in [9.17, 15) is 18.0 Å². The summed E-state index contributed by atoms with van der Waals surface area (Å²) in [6, 6.07) is 5.92. The highest BCUT2D eigenvalue weighted by molar-refractivity contribution is 6.30. The van der Waals surface area contributed by atoms with Crippen LogP contribution in [0, 0.1) is 0 Å². The smallest absolute Gasteiger partial charge is 0.377 e. The number of rotatable bonds is 6. The van der Waals surface area contributed by atoms with Gasteiger partial charge in [0.1, 0.15) is 6.21 Å². The van der Waals surface area contributed by atoms with Crippen LogP contribution >= 0.6 is 11.6 Å². The molecule has 0 radical (unpaired) electrons. The standard InChI is InChI=1S/C13H14ClF3N2O3/c1-8(2)21-19-12(20)11(22-18-7-13(15,16)17)9-4-3-5-10(14)6-9/h3-8,11H,1-2H3,(H,19,20). The number of oxime groups is 1. The molecule has 22 heavy (non-hydrogen) atoms. The van der Waals surface area contributed by atoms with Crippen molar-refractivity contribution in [2.24, 2.45) is 5.16 Å². The van der Waals surface area contributed by atoms with Crippen molar-refractivity contribution in [3.63, 3.8) is 0 Å². The number of nitrogens with zero attached hydrogens (tertiary/aromatic N) is 1. The van der Waals surface area contributed by atoms with Crippen LogP contribution in [0.2, 0.25) is 5.02 Å². The highest BCUT2D eigenvalue weighted by Crippen LogP contribution is 2.22. The maximum atomic E-state index is 12.1. The first-order valence-corrected chi connectivity index (χ1v) is 6.55. The van der Waals surface area contributed by atoms with Gasteiger partial charge in [-0.2, -0.15) is 13.2 Å². The molecule has 5 nitrogen and oxygen atoms in total. The molecule has 122 valence electrons. The minimum Gasteiger partial charge on any atom is -0.377 e. The lowest BCUT2D eigenvalue weighted by Gasteiger charge is -2.16. The molecular formula is C13H14ClF3N2O3. The zero-order valence-electron chi connectivity index (χ0n) is 11.7. The molecule has 0 spiro atoms. The maximum absolute atomic E-state index is 12.1. The third-order valence-electron chi connectivity index (χ3n) is 2.15. The highest BCUT2D eigenvalue weighted by Gasteiger charge is 2.27. The van der Waals surface area contributed by atoms with Gasteiger partial charge in [0, 0.05) is 10.6 Å². The minimum atomic E-state index is -4.65. The zero-order chi connectivity index (χ0) is 16.8. The third kappa shape index (κ3) is 6.77. The summed E-state index contributed by atoms with van der Waals surface area (Å²) < 4.78 is 36.2. The Morgan fingerprint density at radius 1 is 1.41 bits per heavy atom. The maximum Gasteiger partial charge on any atom is 0.429 e. The normalized spacial score (nSPS) is 13.4. The molecule has 0 heterocycles. The number of halogens is 4.